The van der Waals surface area contributed by atoms with Crippen LogP contribution >= 0.6 is 15.9 Å². The third kappa shape index (κ3) is 4.02. The first-order valence-corrected chi connectivity index (χ1v) is 6.25. The fraction of sp³-hybridized carbons (Fsp3) is 0.417. The second-order valence-electron chi connectivity index (χ2n) is 4.36. The molecule has 5 heteroatoms. The Labute approximate surface area is 109 Å². The highest BCUT2D eigenvalue weighted by Gasteiger charge is 2.16. The van der Waals surface area contributed by atoms with E-state index in [2.05, 4.69) is 21.2 Å². The number of aromatic hydroxyl groups is 1. The maximum absolute atomic E-state index is 11.7. The second-order valence-corrected chi connectivity index (χ2v) is 5.22. The van der Waals surface area contributed by atoms with Crippen molar-refractivity contribution in [1.29, 1.82) is 0 Å². The Morgan fingerprint density at radius 3 is 2.76 bits per heavy atom. The number of benzene rings is 1. The molecule has 0 aliphatic carbocycles. The van der Waals surface area contributed by atoms with E-state index in [1.807, 2.05) is 13.8 Å². The van der Waals surface area contributed by atoms with Crippen LogP contribution in [0.2, 0.25) is 0 Å². The van der Waals surface area contributed by atoms with Crippen molar-refractivity contribution in [2.75, 3.05) is 5.32 Å². The normalized spacial score (nSPS) is 12.5. The Bertz CT molecular complexity index is 407. The van der Waals surface area contributed by atoms with Gasteiger partial charge in [-0.2, -0.15) is 0 Å². The lowest BCUT2D eigenvalue weighted by molar-refractivity contribution is -0.117. The summed E-state index contributed by atoms with van der Waals surface area (Å²) in [5, 5.41) is 12.3. The van der Waals surface area contributed by atoms with Crippen LogP contribution in [0, 0.1) is 5.92 Å². The lowest BCUT2D eigenvalue weighted by Gasteiger charge is -2.15. The summed E-state index contributed by atoms with van der Waals surface area (Å²) in [7, 11) is 0. The van der Waals surface area contributed by atoms with Gasteiger partial charge in [0.25, 0.3) is 0 Å². The van der Waals surface area contributed by atoms with Crippen LogP contribution in [0.15, 0.2) is 22.7 Å². The summed E-state index contributed by atoms with van der Waals surface area (Å²) in [5.41, 5.74) is 6.11. The summed E-state index contributed by atoms with van der Waals surface area (Å²) in [6.45, 7) is 4.01. The summed E-state index contributed by atoms with van der Waals surface area (Å²) < 4.78 is 0.535. The molecule has 0 bridgehead atoms. The molecule has 0 fully saturated rings. The van der Waals surface area contributed by atoms with Crippen molar-refractivity contribution in [3.63, 3.8) is 0 Å². The van der Waals surface area contributed by atoms with E-state index in [4.69, 9.17) is 5.73 Å². The molecule has 0 spiro atoms. The van der Waals surface area contributed by atoms with E-state index in [1.165, 1.54) is 0 Å². The summed E-state index contributed by atoms with van der Waals surface area (Å²) >= 11 is 3.18. The topological polar surface area (TPSA) is 75.4 Å². The lowest BCUT2D eigenvalue weighted by Crippen LogP contribution is -2.36. The van der Waals surface area contributed by atoms with Crippen LogP contribution in [0.25, 0.3) is 0 Å². The molecule has 0 aliphatic rings. The van der Waals surface area contributed by atoms with E-state index in [9.17, 15) is 9.90 Å². The first kappa shape index (κ1) is 14.0. The maximum atomic E-state index is 11.7. The first-order valence-electron chi connectivity index (χ1n) is 5.45. The van der Waals surface area contributed by atoms with Crippen LogP contribution in [0.5, 0.6) is 5.75 Å². The van der Waals surface area contributed by atoms with Gasteiger partial charge in [-0.25, -0.2) is 0 Å². The van der Waals surface area contributed by atoms with Gasteiger partial charge in [-0.15, -0.1) is 0 Å². The van der Waals surface area contributed by atoms with Gasteiger partial charge in [0.1, 0.15) is 0 Å². The molecule has 0 aromatic heterocycles. The number of carbonyl (C=O) groups is 1. The van der Waals surface area contributed by atoms with Crippen molar-refractivity contribution in [3.05, 3.63) is 22.7 Å². The minimum atomic E-state index is -0.562. The number of hydrogen-bond donors (Lipinski definition) is 3. The van der Waals surface area contributed by atoms with E-state index < -0.39 is 6.04 Å². The van der Waals surface area contributed by atoms with E-state index in [0.29, 0.717) is 22.5 Å². The maximum Gasteiger partial charge on any atom is 0.241 e. The van der Waals surface area contributed by atoms with Crippen LogP contribution < -0.4 is 11.1 Å². The summed E-state index contributed by atoms with van der Waals surface area (Å²) in [5.74, 6) is 0.0801. The molecular formula is C12H17BrN2O2. The highest BCUT2D eigenvalue weighted by molar-refractivity contribution is 9.10. The summed E-state index contributed by atoms with van der Waals surface area (Å²) in [4.78, 5) is 11.7. The van der Waals surface area contributed by atoms with Gasteiger partial charge in [-0.05, 0) is 40.4 Å². The van der Waals surface area contributed by atoms with Crippen LogP contribution in [-0.4, -0.2) is 17.1 Å². The average Bonchev–Trinajstić information content (AvgIpc) is 2.23. The number of phenolic OH excluding ortho intramolecular Hbond substituents is 1. The van der Waals surface area contributed by atoms with Crippen LogP contribution in [0.3, 0.4) is 0 Å². The number of rotatable bonds is 4. The van der Waals surface area contributed by atoms with Gasteiger partial charge in [0.15, 0.2) is 5.75 Å². The van der Waals surface area contributed by atoms with Gasteiger partial charge in [0.05, 0.1) is 16.2 Å². The van der Waals surface area contributed by atoms with E-state index in [-0.39, 0.29) is 11.7 Å². The molecule has 0 aliphatic heterocycles. The Hall–Kier alpha value is -1.07. The zero-order valence-electron chi connectivity index (χ0n) is 9.90. The molecule has 1 atom stereocenters. The summed E-state index contributed by atoms with van der Waals surface area (Å²) in [6.07, 6.45) is 0.612. The van der Waals surface area contributed by atoms with Gasteiger partial charge in [-0.1, -0.05) is 19.9 Å². The van der Waals surface area contributed by atoms with E-state index in [0.717, 1.165) is 0 Å². The lowest BCUT2D eigenvalue weighted by atomic mass is 10.0. The van der Waals surface area contributed by atoms with Crippen molar-refractivity contribution in [2.24, 2.45) is 11.7 Å². The van der Waals surface area contributed by atoms with Gasteiger partial charge in [-0.3, -0.25) is 4.79 Å². The predicted molar refractivity (Wildman–Crippen MR) is 71.9 cm³/mol. The van der Waals surface area contributed by atoms with Crippen LogP contribution in [0.4, 0.5) is 5.69 Å². The average molecular weight is 301 g/mol. The molecular weight excluding hydrogens is 284 g/mol. The van der Waals surface area contributed by atoms with Gasteiger partial charge in [0.2, 0.25) is 5.91 Å². The van der Waals surface area contributed by atoms with Crippen LogP contribution in [-0.2, 0) is 4.79 Å². The van der Waals surface area contributed by atoms with Gasteiger partial charge >= 0.3 is 0 Å². The minimum absolute atomic E-state index is 0.0117. The molecule has 4 N–H and O–H groups in total. The highest BCUT2D eigenvalue weighted by atomic mass is 79.9. The number of halogens is 1. The number of nitrogens with two attached hydrogens (primary N) is 1. The molecule has 0 radical (unpaired) electrons. The number of hydrogen-bond acceptors (Lipinski definition) is 3. The Kier molecular flexibility index (Phi) is 4.96. The standard InChI is InChI=1S/C12H17BrN2O2/c1-7(2)6-9(14)12(17)15-10-5-3-4-8(13)11(10)16/h3-5,7,9,16H,6,14H2,1-2H3,(H,15,17). The summed E-state index contributed by atoms with van der Waals surface area (Å²) in [6, 6.07) is 4.49. The van der Waals surface area contributed by atoms with Gasteiger partial charge < -0.3 is 16.2 Å². The monoisotopic (exact) mass is 300 g/mol. The fourth-order valence-corrected chi connectivity index (χ4v) is 1.82. The molecule has 4 nitrogen and oxygen atoms in total. The SMILES string of the molecule is CC(C)CC(N)C(=O)Nc1cccc(Br)c1O. The van der Waals surface area contributed by atoms with Crippen molar-refractivity contribution in [1.82, 2.24) is 0 Å². The Morgan fingerprint density at radius 1 is 1.53 bits per heavy atom. The zero-order valence-corrected chi connectivity index (χ0v) is 11.5. The molecule has 1 aromatic rings. The van der Waals surface area contributed by atoms with E-state index in [1.54, 1.807) is 18.2 Å². The number of phenols is 1. The smallest absolute Gasteiger partial charge is 0.241 e. The fourth-order valence-electron chi connectivity index (χ4n) is 1.46. The zero-order chi connectivity index (χ0) is 13.0. The molecule has 1 unspecified atom stereocenters. The van der Waals surface area contributed by atoms with Crippen molar-refractivity contribution in [3.8, 4) is 5.75 Å². The van der Waals surface area contributed by atoms with Gasteiger partial charge in [0, 0.05) is 0 Å². The quantitative estimate of drug-likeness (QED) is 0.748. The molecule has 17 heavy (non-hydrogen) atoms. The Morgan fingerprint density at radius 2 is 2.18 bits per heavy atom. The number of carbonyl (C=O) groups excluding carboxylic acids is 1. The van der Waals surface area contributed by atoms with Crippen LogP contribution in [0.1, 0.15) is 20.3 Å². The van der Waals surface area contributed by atoms with E-state index >= 15 is 0 Å². The number of amides is 1. The number of anilines is 1. The predicted octanol–water partition coefficient (Wildman–Crippen LogP) is 2.47. The third-order valence-corrected chi connectivity index (χ3v) is 2.95. The molecule has 1 amide bonds. The molecule has 0 saturated carbocycles. The second kappa shape index (κ2) is 6.02. The molecule has 0 heterocycles. The van der Waals surface area contributed by atoms with Crippen molar-refractivity contribution >= 4 is 27.5 Å². The minimum Gasteiger partial charge on any atom is -0.505 e. The molecule has 0 saturated heterocycles. The Balaban J connectivity index is 2.71. The third-order valence-electron chi connectivity index (χ3n) is 2.31. The van der Waals surface area contributed by atoms with Crippen molar-refractivity contribution < 1.29 is 9.90 Å². The number of nitrogens with one attached hydrogen (secondary N) is 1. The molecule has 1 rings (SSSR count). The highest BCUT2D eigenvalue weighted by Crippen LogP contribution is 2.31. The largest absolute Gasteiger partial charge is 0.505 e. The number of para-hydroxylation sites is 1. The first-order chi connectivity index (χ1) is 7.91. The van der Waals surface area contributed by atoms with Crippen molar-refractivity contribution in [2.45, 2.75) is 26.3 Å². The molecule has 94 valence electrons. The molecule has 1 aromatic carbocycles.